The van der Waals surface area contributed by atoms with Crippen molar-refractivity contribution in [2.75, 3.05) is 12.3 Å². The maximum absolute atomic E-state index is 11.3. The van der Waals surface area contributed by atoms with Crippen molar-refractivity contribution in [2.45, 2.75) is 39.0 Å². The van der Waals surface area contributed by atoms with Crippen LogP contribution in [0, 0.1) is 0 Å². The summed E-state index contributed by atoms with van der Waals surface area (Å²) in [7, 11) is 0. The van der Waals surface area contributed by atoms with E-state index in [9.17, 15) is 4.79 Å². The molecule has 1 aromatic heterocycles. The molecule has 0 bridgehead atoms. The molecule has 2 amide bonds. The summed E-state index contributed by atoms with van der Waals surface area (Å²) < 4.78 is 2.78. The van der Waals surface area contributed by atoms with Crippen molar-refractivity contribution in [1.82, 2.24) is 20.0 Å². The number of amides is 2. The molecule has 0 spiro atoms. The van der Waals surface area contributed by atoms with E-state index in [1.54, 1.807) is 6.33 Å². The van der Waals surface area contributed by atoms with Crippen LogP contribution in [0.3, 0.4) is 0 Å². The van der Waals surface area contributed by atoms with Crippen LogP contribution in [0.4, 0.5) is 4.79 Å². The van der Waals surface area contributed by atoms with Crippen molar-refractivity contribution < 1.29 is 4.79 Å². The number of aryl methyl sites for hydroxylation is 1. The highest BCUT2D eigenvalue weighted by atomic mass is 32.2. The number of carbonyl (C=O) groups is 1. The van der Waals surface area contributed by atoms with Crippen molar-refractivity contribution in [3.63, 3.8) is 0 Å². The average Bonchev–Trinajstić information content (AvgIpc) is 2.87. The van der Waals surface area contributed by atoms with E-state index < -0.39 is 0 Å². The summed E-state index contributed by atoms with van der Waals surface area (Å²) in [6.45, 7) is 2.86. The van der Waals surface area contributed by atoms with E-state index in [4.69, 9.17) is 0 Å². The van der Waals surface area contributed by atoms with Gasteiger partial charge in [-0.15, -0.1) is 0 Å². The fourth-order valence-electron chi connectivity index (χ4n) is 1.44. The molecular formula is C12H22N4OS. The summed E-state index contributed by atoms with van der Waals surface area (Å²) in [5.41, 5.74) is 1.17. The number of unbranched alkanes of at least 4 members (excludes halogenated alkanes) is 2. The zero-order valence-corrected chi connectivity index (χ0v) is 11.7. The van der Waals surface area contributed by atoms with E-state index in [0.29, 0.717) is 0 Å². The zero-order chi connectivity index (χ0) is 13.1. The first-order valence-corrected chi connectivity index (χ1v) is 7.44. The second kappa shape index (κ2) is 9.82. The third-order valence-electron chi connectivity index (χ3n) is 2.48. The quantitative estimate of drug-likeness (QED) is 0.477. The van der Waals surface area contributed by atoms with E-state index in [0.717, 1.165) is 44.4 Å². The maximum Gasteiger partial charge on any atom is 0.324 e. The van der Waals surface area contributed by atoms with Gasteiger partial charge in [-0.2, -0.15) is 0 Å². The third kappa shape index (κ3) is 7.21. The number of nitrogens with zero attached hydrogens (tertiary/aromatic N) is 1. The highest BCUT2D eigenvalue weighted by Gasteiger charge is 1.99. The minimum Gasteiger partial charge on any atom is -0.348 e. The molecule has 18 heavy (non-hydrogen) atoms. The predicted octanol–water partition coefficient (Wildman–Crippen LogP) is 2.48. The summed E-state index contributed by atoms with van der Waals surface area (Å²) in [4.78, 5) is 18.3. The zero-order valence-electron chi connectivity index (χ0n) is 10.9. The number of hydrogen-bond acceptors (Lipinski definition) is 3. The molecule has 1 rings (SSSR count). The highest BCUT2D eigenvalue weighted by Crippen LogP contribution is 2.04. The van der Waals surface area contributed by atoms with E-state index >= 15 is 0 Å². The Balaban J connectivity index is 1.87. The van der Waals surface area contributed by atoms with E-state index in [1.165, 1.54) is 17.6 Å². The Morgan fingerprint density at radius 2 is 2.33 bits per heavy atom. The Morgan fingerprint density at radius 3 is 3.06 bits per heavy atom. The molecule has 6 heteroatoms. The molecule has 3 N–H and O–H groups in total. The summed E-state index contributed by atoms with van der Waals surface area (Å²) >= 11 is 1.47. The lowest BCUT2D eigenvalue weighted by molar-refractivity contribution is 0.246. The molecule has 0 unspecified atom stereocenters. The van der Waals surface area contributed by atoms with Crippen molar-refractivity contribution in [2.24, 2.45) is 0 Å². The first-order chi connectivity index (χ1) is 8.83. The van der Waals surface area contributed by atoms with Gasteiger partial charge < -0.3 is 10.3 Å². The molecule has 0 aliphatic heterocycles. The van der Waals surface area contributed by atoms with Crippen LogP contribution >= 0.6 is 11.9 Å². The van der Waals surface area contributed by atoms with Gasteiger partial charge in [0, 0.05) is 24.2 Å². The lowest BCUT2D eigenvalue weighted by Crippen LogP contribution is -2.32. The minimum atomic E-state index is -0.0815. The molecule has 102 valence electrons. The fourth-order valence-corrected chi connectivity index (χ4v) is 2.10. The van der Waals surface area contributed by atoms with Crippen LogP contribution in [-0.4, -0.2) is 28.3 Å². The summed E-state index contributed by atoms with van der Waals surface area (Å²) in [6, 6.07) is -0.0815. The Morgan fingerprint density at radius 1 is 1.44 bits per heavy atom. The molecule has 1 heterocycles. The van der Waals surface area contributed by atoms with Crippen molar-refractivity contribution in [1.29, 1.82) is 0 Å². The highest BCUT2D eigenvalue weighted by molar-refractivity contribution is 7.97. The molecule has 0 fully saturated rings. The molecule has 0 saturated carbocycles. The number of imidazole rings is 1. The Kier molecular flexibility index (Phi) is 8.12. The average molecular weight is 270 g/mol. The van der Waals surface area contributed by atoms with Gasteiger partial charge in [-0.3, -0.25) is 4.72 Å². The number of H-pyrrole nitrogens is 1. The molecule has 0 atom stereocenters. The Labute approximate surface area is 113 Å². The van der Waals surface area contributed by atoms with Gasteiger partial charge in [-0.1, -0.05) is 13.3 Å². The molecule has 0 aromatic carbocycles. The SMILES string of the molecule is CCCCNC(=O)NSCCCCc1cnc[nH]1. The van der Waals surface area contributed by atoms with Crippen molar-refractivity contribution in [3.05, 3.63) is 18.2 Å². The number of nitrogens with one attached hydrogen (secondary N) is 3. The smallest absolute Gasteiger partial charge is 0.324 e. The first-order valence-electron chi connectivity index (χ1n) is 6.45. The number of rotatable bonds is 9. The van der Waals surface area contributed by atoms with Crippen LogP contribution in [0.5, 0.6) is 0 Å². The third-order valence-corrected chi connectivity index (χ3v) is 3.30. The predicted molar refractivity (Wildman–Crippen MR) is 75.4 cm³/mol. The van der Waals surface area contributed by atoms with Crippen molar-refractivity contribution in [3.8, 4) is 0 Å². The number of aromatic nitrogens is 2. The molecule has 0 saturated heterocycles. The second-order valence-electron chi connectivity index (χ2n) is 4.09. The van der Waals surface area contributed by atoms with Gasteiger partial charge in [0.2, 0.25) is 0 Å². The molecule has 0 radical (unpaired) electrons. The summed E-state index contributed by atoms with van der Waals surface area (Å²) in [5, 5.41) is 2.81. The summed E-state index contributed by atoms with van der Waals surface area (Å²) in [5.74, 6) is 0.940. The summed E-state index contributed by atoms with van der Waals surface area (Å²) in [6.07, 6.45) is 8.89. The molecule has 0 aliphatic rings. The van der Waals surface area contributed by atoms with E-state index in [2.05, 4.69) is 26.9 Å². The lowest BCUT2D eigenvalue weighted by atomic mass is 10.2. The van der Waals surface area contributed by atoms with Gasteiger partial charge in [0.1, 0.15) is 0 Å². The van der Waals surface area contributed by atoms with Crippen LogP contribution in [0.1, 0.15) is 38.3 Å². The standard InChI is InChI=1S/C12H22N4OS/c1-2-3-7-14-12(17)16-18-8-5-4-6-11-9-13-10-15-11/h9-10H,2-8H2,1H3,(H,13,15)(H2,14,16,17). The number of hydrogen-bond donors (Lipinski definition) is 3. The fraction of sp³-hybridized carbons (Fsp3) is 0.667. The first kappa shape index (κ1) is 14.9. The van der Waals surface area contributed by atoms with E-state index in [1.807, 2.05) is 6.20 Å². The van der Waals surface area contributed by atoms with E-state index in [-0.39, 0.29) is 6.03 Å². The minimum absolute atomic E-state index is 0.0815. The topological polar surface area (TPSA) is 69.8 Å². The lowest BCUT2D eigenvalue weighted by Gasteiger charge is -2.05. The van der Waals surface area contributed by atoms with Gasteiger partial charge in [0.15, 0.2) is 0 Å². The number of urea groups is 1. The molecule has 1 aromatic rings. The number of carbonyl (C=O) groups excluding carboxylic acids is 1. The Bertz CT molecular complexity index is 316. The van der Waals surface area contributed by atoms with Crippen LogP contribution in [0.15, 0.2) is 12.5 Å². The van der Waals surface area contributed by atoms with Crippen LogP contribution in [0.2, 0.25) is 0 Å². The molecule has 0 aliphatic carbocycles. The van der Waals surface area contributed by atoms with Crippen LogP contribution in [0.25, 0.3) is 0 Å². The number of aromatic amines is 1. The largest absolute Gasteiger partial charge is 0.348 e. The monoisotopic (exact) mass is 270 g/mol. The van der Waals surface area contributed by atoms with Gasteiger partial charge >= 0.3 is 6.03 Å². The van der Waals surface area contributed by atoms with Crippen LogP contribution < -0.4 is 10.0 Å². The van der Waals surface area contributed by atoms with Gasteiger partial charge in [-0.25, -0.2) is 9.78 Å². The van der Waals surface area contributed by atoms with Crippen LogP contribution in [-0.2, 0) is 6.42 Å². The van der Waals surface area contributed by atoms with Gasteiger partial charge in [0.25, 0.3) is 0 Å². The molecule has 5 nitrogen and oxygen atoms in total. The normalized spacial score (nSPS) is 10.3. The van der Waals surface area contributed by atoms with Crippen molar-refractivity contribution >= 4 is 18.0 Å². The second-order valence-corrected chi connectivity index (χ2v) is 4.99. The van der Waals surface area contributed by atoms with Gasteiger partial charge in [0.05, 0.1) is 6.33 Å². The van der Waals surface area contributed by atoms with Gasteiger partial charge in [-0.05, 0) is 37.6 Å². The maximum atomic E-state index is 11.3. The molecular weight excluding hydrogens is 248 g/mol. The Hall–Kier alpha value is -1.17.